The summed E-state index contributed by atoms with van der Waals surface area (Å²) in [5, 5.41) is 1.25. The van der Waals surface area contributed by atoms with E-state index >= 15 is 0 Å². The van der Waals surface area contributed by atoms with Crippen LogP contribution in [0.2, 0.25) is 0 Å². The van der Waals surface area contributed by atoms with Crippen LogP contribution in [0.4, 0.5) is 0 Å². The van der Waals surface area contributed by atoms with Gasteiger partial charge in [0.25, 0.3) is 0 Å². The Hall–Kier alpha value is 0.490. The summed E-state index contributed by atoms with van der Waals surface area (Å²) in [5.41, 5.74) is 0. The Labute approximate surface area is 96.6 Å². The van der Waals surface area contributed by atoms with Crippen molar-refractivity contribution in [1.29, 1.82) is 0 Å². The first-order valence-corrected chi connectivity index (χ1v) is 6.09. The van der Waals surface area contributed by atoms with Crippen molar-refractivity contribution in [3.05, 3.63) is 26.5 Å². The van der Waals surface area contributed by atoms with Gasteiger partial charge >= 0.3 is 0 Å². The zero-order chi connectivity index (χ0) is 8.72. The zero-order valence-electron chi connectivity index (χ0n) is 5.84. The first-order chi connectivity index (χ1) is 5.66. The van der Waals surface area contributed by atoms with E-state index in [1.54, 1.807) is 11.3 Å². The Morgan fingerprint density at radius 3 is 2.67 bits per heavy atom. The lowest BCUT2D eigenvalue weighted by Gasteiger charge is -1.95. The number of benzene rings is 1. The number of fused-ring (bicyclic) bond motifs is 1. The zero-order valence-corrected chi connectivity index (χ0v) is 10.7. The van der Waals surface area contributed by atoms with Gasteiger partial charge in [0.1, 0.15) is 0 Å². The lowest BCUT2D eigenvalue weighted by Crippen LogP contribution is -1.68. The van der Waals surface area contributed by atoms with Crippen LogP contribution < -0.4 is 0 Å². The van der Waals surface area contributed by atoms with E-state index in [0.717, 1.165) is 13.2 Å². The summed E-state index contributed by atoms with van der Waals surface area (Å²) in [7, 11) is 0. The normalized spacial score (nSPS) is 10.9. The molecular formula is C8H4Br2S2. The fraction of sp³-hybridized carbons (Fsp3) is 0. The van der Waals surface area contributed by atoms with Crippen molar-refractivity contribution in [1.82, 2.24) is 0 Å². The van der Waals surface area contributed by atoms with Crippen molar-refractivity contribution >= 4 is 65.9 Å². The molecule has 0 radical (unpaired) electrons. The average Bonchev–Trinajstić information content (AvgIpc) is 2.30. The van der Waals surface area contributed by atoms with Gasteiger partial charge in [-0.25, -0.2) is 0 Å². The van der Waals surface area contributed by atoms with Gasteiger partial charge in [-0.15, -0.1) is 24.0 Å². The van der Waals surface area contributed by atoms with Gasteiger partial charge in [0, 0.05) is 14.1 Å². The lowest BCUT2D eigenvalue weighted by atomic mass is 10.3. The Bertz CT molecular complexity index is 395. The third kappa shape index (κ3) is 1.58. The number of hydrogen-bond donors (Lipinski definition) is 1. The second-order valence-corrected chi connectivity index (χ2v) is 6.19. The summed E-state index contributed by atoms with van der Waals surface area (Å²) in [6.45, 7) is 0. The van der Waals surface area contributed by atoms with Crippen LogP contribution in [0.15, 0.2) is 31.4 Å². The van der Waals surface area contributed by atoms with Crippen LogP contribution >= 0.6 is 55.8 Å². The van der Waals surface area contributed by atoms with E-state index in [0.29, 0.717) is 0 Å². The molecular weight excluding hydrogens is 320 g/mol. The van der Waals surface area contributed by atoms with E-state index in [1.807, 2.05) is 0 Å². The van der Waals surface area contributed by atoms with Gasteiger partial charge in [-0.1, -0.05) is 0 Å². The lowest BCUT2D eigenvalue weighted by molar-refractivity contribution is 1.48. The topological polar surface area (TPSA) is 0 Å². The largest absolute Gasteiger partial charge is 0.142 e. The molecule has 62 valence electrons. The van der Waals surface area contributed by atoms with Crippen molar-refractivity contribution in [3.8, 4) is 0 Å². The predicted octanol–water partition coefficient (Wildman–Crippen LogP) is 4.72. The Morgan fingerprint density at radius 2 is 1.92 bits per heavy atom. The maximum absolute atomic E-state index is 4.33. The monoisotopic (exact) mass is 322 g/mol. The van der Waals surface area contributed by atoms with E-state index in [1.165, 1.54) is 10.1 Å². The Balaban J connectivity index is 2.83. The summed E-state index contributed by atoms with van der Waals surface area (Å²) in [5.74, 6) is 0. The van der Waals surface area contributed by atoms with Crippen LogP contribution in [-0.4, -0.2) is 0 Å². The maximum Gasteiger partial charge on any atom is 0.0711 e. The minimum Gasteiger partial charge on any atom is -0.142 e. The molecule has 1 aromatic heterocycles. The van der Waals surface area contributed by atoms with Crippen LogP contribution in [0.25, 0.3) is 10.1 Å². The first-order valence-electron chi connectivity index (χ1n) is 3.24. The second kappa shape index (κ2) is 3.33. The van der Waals surface area contributed by atoms with Crippen molar-refractivity contribution in [2.75, 3.05) is 0 Å². The van der Waals surface area contributed by atoms with E-state index in [9.17, 15) is 0 Å². The molecule has 0 atom stereocenters. The molecule has 0 aliphatic carbocycles. The molecule has 1 heterocycles. The van der Waals surface area contributed by atoms with Crippen LogP contribution in [0.1, 0.15) is 0 Å². The number of hydrogen-bond acceptors (Lipinski definition) is 2. The van der Waals surface area contributed by atoms with Crippen LogP contribution in [0.3, 0.4) is 0 Å². The van der Waals surface area contributed by atoms with Crippen LogP contribution in [0.5, 0.6) is 0 Å². The molecule has 0 amide bonds. The van der Waals surface area contributed by atoms with E-state index in [-0.39, 0.29) is 0 Å². The molecule has 0 fully saturated rings. The molecule has 0 N–H and O–H groups in total. The summed E-state index contributed by atoms with van der Waals surface area (Å²) in [6.07, 6.45) is 0. The number of thiol groups is 1. The molecule has 0 saturated carbocycles. The highest BCUT2D eigenvalue weighted by molar-refractivity contribution is 9.11. The number of halogens is 2. The summed E-state index contributed by atoms with van der Waals surface area (Å²) in [4.78, 5) is 0.983. The molecule has 4 heteroatoms. The van der Waals surface area contributed by atoms with Gasteiger partial charge in [-0.2, -0.15) is 0 Å². The number of rotatable bonds is 0. The molecule has 2 aromatic rings. The Kier molecular flexibility index (Phi) is 2.51. The Morgan fingerprint density at radius 1 is 1.17 bits per heavy atom. The van der Waals surface area contributed by atoms with E-state index in [4.69, 9.17) is 0 Å². The minimum absolute atomic E-state index is 0.983. The van der Waals surface area contributed by atoms with Gasteiger partial charge in [0.15, 0.2) is 0 Å². The molecule has 0 aliphatic heterocycles. The third-order valence-corrected chi connectivity index (χ3v) is 4.49. The van der Waals surface area contributed by atoms with Crippen LogP contribution in [-0.2, 0) is 0 Å². The van der Waals surface area contributed by atoms with Crippen molar-refractivity contribution in [2.24, 2.45) is 0 Å². The number of thiophene rings is 1. The summed E-state index contributed by atoms with van der Waals surface area (Å²) < 4.78 is 3.46. The fourth-order valence-corrected chi connectivity index (χ4v) is 3.24. The molecule has 0 spiro atoms. The second-order valence-electron chi connectivity index (χ2n) is 2.39. The van der Waals surface area contributed by atoms with Gasteiger partial charge in [-0.05, 0) is 55.4 Å². The summed E-state index contributed by atoms with van der Waals surface area (Å²) >= 11 is 12.9. The highest BCUT2D eigenvalue weighted by atomic mass is 79.9. The third-order valence-electron chi connectivity index (χ3n) is 1.56. The molecule has 1 aromatic carbocycles. The van der Waals surface area contributed by atoms with Crippen molar-refractivity contribution in [3.63, 3.8) is 0 Å². The quantitative estimate of drug-likeness (QED) is 0.667. The molecule has 0 nitrogen and oxygen atoms in total. The average molecular weight is 324 g/mol. The van der Waals surface area contributed by atoms with E-state index in [2.05, 4.69) is 62.7 Å². The van der Waals surface area contributed by atoms with Gasteiger partial charge in [0.05, 0.1) is 3.79 Å². The van der Waals surface area contributed by atoms with Crippen molar-refractivity contribution < 1.29 is 0 Å². The fourth-order valence-electron chi connectivity index (χ4n) is 1.02. The minimum atomic E-state index is 0.983. The molecule has 12 heavy (non-hydrogen) atoms. The van der Waals surface area contributed by atoms with E-state index < -0.39 is 0 Å². The molecule has 0 unspecified atom stereocenters. The molecule has 0 bridgehead atoms. The maximum atomic E-state index is 4.33. The first kappa shape index (κ1) is 9.06. The standard InChI is InChI=1S/C8H4Br2S2/c9-5-1-4-2-8(10)12-7(4)3-6(5)11/h1-3,11H. The predicted molar refractivity (Wildman–Crippen MR) is 64.5 cm³/mol. The highest BCUT2D eigenvalue weighted by Gasteiger charge is 2.02. The molecule has 2 rings (SSSR count). The van der Waals surface area contributed by atoms with Gasteiger partial charge < -0.3 is 0 Å². The highest BCUT2D eigenvalue weighted by Crippen LogP contribution is 2.34. The van der Waals surface area contributed by atoms with Gasteiger partial charge in [-0.3, -0.25) is 0 Å². The molecule has 0 saturated heterocycles. The smallest absolute Gasteiger partial charge is 0.0711 e. The SMILES string of the molecule is Sc1cc2sc(Br)cc2cc1Br. The van der Waals surface area contributed by atoms with Gasteiger partial charge in [0.2, 0.25) is 0 Å². The van der Waals surface area contributed by atoms with Crippen LogP contribution in [0, 0.1) is 0 Å². The summed E-state index contributed by atoms with van der Waals surface area (Å²) in [6, 6.07) is 6.26. The van der Waals surface area contributed by atoms with Crippen molar-refractivity contribution in [2.45, 2.75) is 4.90 Å². The molecule has 0 aliphatic rings.